The first-order valence-corrected chi connectivity index (χ1v) is 11.2. The largest absolute Gasteiger partial charge is 0.378 e. The SMILES string of the molecule is Cc1ccc(NC(=O)NC(Cc2ccccc2)C(=O)N2CCOCCNC(=O)CC2)cc1C. The van der Waals surface area contributed by atoms with Gasteiger partial charge >= 0.3 is 6.03 Å². The van der Waals surface area contributed by atoms with Crippen molar-refractivity contribution in [2.75, 3.05) is 38.2 Å². The van der Waals surface area contributed by atoms with Crippen LogP contribution in [0.1, 0.15) is 23.1 Å². The average Bonchev–Trinajstić information content (AvgIpc) is 2.80. The van der Waals surface area contributed by atoms with E-state index in [1.165, 1.54) is 0 Å². The summed E-state index contributed by atoms with van der Waals surface area (Å²) in [6.45, 7) is 5.84. The smallest absolute Gasteiger partial charge is 0.319 e. The summed E-state index contributed by atoms with van der Waals surface area (Å²) in [5, 5.41) is 8.43. The number of aryl methyl sites for hydroxylation is 2. The molecule has 1 aliphatic rings. The highest BCUT2D eigenvalue weighted by Gasteiger charge is 2.27. The molecule has 8 heteroatoms. The van der Waals surface area contributed by atoms with Gasteiger partial charge in [-0.05, 0) is 42.7 Å². The number of carbonyl (C=O) groups is 3. The van der Waals surface area contributed by atoms with Gasteiger partial charge in [0.25, 0.3) is 0 Å². The van der Waals surface area contributed by atoms with E-state index in [0.717, 1.165) is 16.7 Å². The fraction of sp³-hybridized carbons (Fsp3) is 0.400. The number of anilines is 1. The van der Waals surface area contributed by atoms with Crippen LogP contribution in [-0.4, -0.2) is 61.6 Å². The fourth-order valence-electron chi connectivity index (χ4n) is 3.61. The number of urea groups is 1. The van der Waals surface area contributed by atoms with Gasteiger partial charge in [-0.2, -0.15) is 0 Å². The molecule has 1 unspecified atom stereocenters. The monoisotopic (exact) mass is 452 g/mol. The number of amides is 4. The van der Waals surface area contributed by atoms with E-state index >= 15 is 0 Å². The van der Waals surface area contributed by atoms with Crippen LogP contribution in [0, 0.1) is 13.8 Å². The van der Waals surface area contributed by atoms with Gasteiger partial charge in [0, 0.05) is 38.2 Å². The molecule has 1 heterocycles. The topological polar surface area (TPSA) is 99.8 Å². The predicted molar refractivity (Wildman–Crippen MR) is 127 cm³/mol. The van der Waals surface area contributed by atoms with Gasteiger partial charge in [0.2, 0.25) is 11.8 Å². The normalized spacial score (nSPS) is 15.8. The Morgan fingerprint density at radius 3 is 2.61 bits per heavy atom. The molecule has 0 aliphatic carbocycles. The summed E-state index contributed by atoms with van der Waals surface area (Å²) < 4.78 is 5.51. The van der Waals surface area contributed by atoms with Crippen molar-refractivity contribution in [3.8, 4) is 0 Å². The van der Waals surface area contributed by atoms with Gasteiger partial charge in [-0.1, -0.05) is 36.4 Å². The second kappa shape index (κ2) is 12.0. The summed E-state index contributed by atoms with van der Waals surface area (Å²) in [7, 11) is 0. The Labute approximate surface area is 194 Å². The highest BCUT2D eigenvalue weighted by Crippen LogP contribution is 2.14. The summed E-state index contributed by atoms with van der Waals surface area (Å²) >= 11 is 0. The molecule has 1 saturated heterocycles. The summed E-state index contributed by atoms with van der Waals surface area (Å²) in [6, 6.07) is 14.0. The molecule has 4 amide bonds. The van der Waals surface area contributed by atoms with Crippen LogP contribution in [0.25, 0.3) is 0 Å². The van der Waals surface area contributed by atoms with Gasteiger partial charge in [-0.15, -0.1) is 0 Å². The number of ether oxygens (including phenoxy) is 1. The molecule has 2 aromatic carbocycles. The van der Waals surface area contributed by atoms with E-state index in [1.807, 2.05) is 62.4 Å². The van der Waals surface area contributed by atoms with Gasteiger partial charge in [-0.25, -0.2) is 4.79 Å². The molecular formula is C25H32N4O4. The van der Waals surface area contributed by atoms with Crippen molar-refractivity contribution in [3.05, 3.63) is 65.2 Å². The second-order valence-corrected chi connectivity index (χ2v) is 8.18. The Hall–Kier alpha value is -3.39. The van der Waals surface area contributed by atoms with Crippen molar-refractivity contribution in [3.63, 3.8) is 0 Å². The van der Waals surface area contributed by atoms with Crippen molar-refractivity contribution in [1.82, 2.24) is 15.5 Å². The molecule has 3 rings (SSSR count). The lowest BCUT2D eigenvalue weighted by atomic mass is 10.0. The molecule has 0 bridgehead atoms. The predicted octanol–water partition coefficient (Wildman–Crippen LogP) is 2.40. The highest BCUT2D eigenvalue weighted by atomic mass is 16.5. The van der Waals surface area contributed by atoms with Gasteiger partial charge in [-0.3, -0.25) is 9.59 Å². The van der Waals surface area contributed by atoms with Crippen molar-refractivity contribution in [2.24, 2.45) is 0 Å². The third-order valence-corrected chi connectivity index (χ3v) is 5.65. The molecule has 0 radical (unpaired) electrons. The molecule has 0 saturated carbocycles. The van der Waals surface area contributed by atoms with E-state index in [-0.39, 0.29) is 24.8 Å². The van der Waals surface area contributed by atoms with E-state index in [4.69, 9.17) is 4.74 Å². The maximum absolute atomic E-state index is 13.5. The Morgan fingerprint density at radius 2 is 1.85 bits per heavy atom. The van der Waals surface area contributed by atoms with Crippen LogP contribution >= 0.6 is 0 Å². The summed E-state index contributed by atoms with van der Waals surface area (Å²) in [6.07, 6.45) is 0.544. The standard InChI is InChI=1S/C25H32N4O4/c1-18-8-9-21(16-19(18)2)27-25(32)28-22(17-20-6-4-3-5-7-20)24(31)29-12-10-23(30)26-11-14-33-15-13-29/h3-9,16,22H,10-15,17H2,1-2H3,(H,26,30)(H2,27,28,32). The molecule has 0 spiro atoms. The summed E-state index contributed by atoms with van der Waals surface area (Å²) in [5.41, 5.74) is 3.78. The quantitative estimate of drug-likeness (QED) is 0.649. The van der Waals surface area contributed by atoms with Gasteiger partial charge in [0.05, 0.1) is 13.2 Å². The van der Waals surface area contributed by atoms with Crippen LogP contribution in [0.4, 0.5) is 10.5 Å². The number of hydrogen-bond donors (Lipinski definition) is 3. The summed E-state index contributed by atoms with van der Waals surface area (Å²) in [5.74, 6) is -0.371. The number of benzene rings is 2. The second-order valence-electron chi connectivity index (χ2n) is 8.18. The lowest BCUT2D eigenvalue weighted by molar-refractivity contribution is -0.135. The van der Waals surface area contributed by atoms with E-state index in [2.05, 4.69) is 16.0 Å². The zero-order valence-corrected chi connectivity index (χ0v) is 19.2. The van der Waals surface area contributed by atoms with Gasteiger partial charge in [0.1, 0.15) is 6.04 Å². The Kier molecular flexibility index (Phi) is 8.83. The highest BCUT2D eigenvalue weighted by molar-refractivity contribution is 5.94. The number of nitrogens with zero attached hydrogens (tertiary/aromatic N) is 1. The number of hydrogen-bond acceptors (Lipinski definition) is 4. The van der Waals surface area contributed by atoms with Crippen LogP contribution < -0.4 is 16.0 Å². The molecule has 3 N–H and O–H groups in total. The number of carbonyl (C=O) groups excluding carboxylic acids is 3. The molecule has 33 heavy (non-hydrogen) atoms. The Balaban J connectivity index is 1.74. The number of nitrogens with one attached hydrogen (secondary N) is 3. The third kappa shape index (κ3) is 7.61. The summed E-state index contributed by atoms with van der Waals surface area (Å²) in [4.78, 5) is 39.8. The van der Waals surface area contributed by atoms with Gasteiger partial charge < -0.3 is 25.6 Å². The van der Waals surface area contributed by atoms with Crippen LogP contribution in [0.5, 0.6) is 0 Å². The van der Waals surface area contributed by atoms with E-state index in [9.17, 15) is 14.4 Å². The zero-order chi connectivity index (χ0) is 23.6. The molecule has 1 aliphatic heterocycles. The Morgan fingerprint density at radius 1 is 1.06 bits per heavy atom. The van der Waals surface area contributed by atoms with E-state index in [1.54, 1.807) is 4.90 Å². The lowest BCUT2D eigenvalue weighted by Gasteiger charge is -2.28. The lowest BCUT2D eigenvalue weighted by Crippen LogP contribution is -2.52. The van der Waals surface area contributed by atoms with Crippen molar-refractivity contribution >= 4 is 23.5 Å². The first kappa shape index (κ1) is 24.3. The van der Waals surface area contributed by atoms with Crippen molar-refractivity contribution in [2.45, 2.75) is 32.7 Å². The van der Waals surface area contributed by atoms with Gasteiger partial charge in [0.15, 0.2) is 0 Å². The first-order valence-electron chi connectivity index (χ1n) is 11.2. The average molecular weight is 453 g/mol. The minimum atomic E-state index is -0.787. The molecule has 1 atom stereocenters. The van der Waals surface area contributed by atoms with Crippen molar-refractivity contribution < 1.29 is 19.1 Å². The van der Waals surface area contributed by atoms with Crippen LogP contribution in [0.3, 0.4) is 0 Å². The maximum Gasteiger partial charge on any atom is 0.319 e. The molecule has 8 nitrogen and oxygen atoms in total. The van der Waals surface area contributed by atoms with Crippen LogP contribution in [0.15, 0.2) is 48.5 Å². The van der Waals surface area contributed by atoms with Crippen molar-refractivity contribution in [1.29, 1.82) is 0 Å². The van der Waals surface area contributed by atoms with Crippen LogP contribution in [-0.2, 0) is 20.7 Å². The molecule has 176 valence electrons. The minimum Gasteiger partial charge on any atom is -0.378 e. The molecular weight excluding hydrogens is 420 g/mol. The van der Waals surface area contributed by atoms with Crippen LogP contribution in [0.2, 0.25) is 0 Å². The Bertz CT molecular complexity index is 964. The molecule has 2 aromatic rings. The van der Waals surface area contributed by atoms with E-state index in [0.29, 0.717) is 38.4 Å². The van der Waals surface area contributed by atoms with E-state index < -0.39 is 12.1 Å². The zero-order valence-electron chi connectivity index (χ0n) is 19.2. The fourth-order valence-corrected chi connectivity index (χ4v) is 3.61. The maximum atomic E-state index is 13.5. The molecule has 1 fully saturated rings. The number of rotatable bonds is 5. The minimum absolute atomic E-state index is 0.127. The third-order valence-electron chi connectivity index (χ3n) is 5.65. The first-order chi connectivity index (χ1) is 15.9. The molecule has 0 aromatic heterocycles.